The first kappa shape index (κ1) is 18.8. The monoisotopic (exact) mass is 388 g/mol. The Hall–Kier alpha value is -2.98. The molecule has 27 heavy (non-hydrogen) atoms. The van der Waals surface area contributed by atoms with Crippen molar-refractivity contribution >= 4 is 0 Å². The highest BCUT2D eigenvalue weighted by Gasteiger charge is 2.63. The van der Waals surface area contributed by atoms with Crippen molar-refractivity contribution in [1.29, 1.82) is 0 Å². The molecule has 0 aliphatic rings. The molecule has 0 aliphatic heterocycles. The minimum atomic E-state index is -5.81. The van der Waals surface area contributed by atoms with Crippen molar-refractivity contribution in [2.45, 2.75) is 25.1 Å². The topological polar surface area (TPSA) is 66.0 Å². The van der Waals surface area contributed by atoms with E-state index < -0.39 is 18.0 Å². The Morgan fingerprint density at radius 1 is 1.07 bits per heavy atom. The number of rotatable bonds is 7. The smallest absolute Gasteiger partial charge is 0.463 e. The molecule has 2 aromatic heterocycles. The van der Waals surface area contributed by atoms with Crippen molar-refractivity contribution in [3.63, 3.8) is 0 Å². The molecule has 0 saturated carbocycles. The Labute approximate surface area is 149 Å². The van der Waals surface area contributed by atoms with Crippen molar-refractivity contribution in [2.75, 3.05) is 6.61 Å². The first-order valence-corrected chi connectivity index (χ1v) is 7.75. The summed E-state index contributed by atoms with van der Waals surface area (Å²) in [6, 6.07) is 5.94. The van der Waals surface area contributed by atoms with E-state index in [1.807, 2.05) is 10.8 Å². The van der Waals surface area contributed by atoms with Gasteiger partial charge >= 0.3 is 18.0 Å². The maximum atomic E-state index is 13.2. The minimum absolute atomic E-state index is 0.216. The van der Waals surface area contributed by atoms with Gasteiger partial charge in [-0.15, -0.1) is 0 Å². The molecule has 0 spiro atoms. The number of imidazole rings is 1. The van der Waals surface area contributed by atoms with Gasteiger partial charge in [0.25, 0.3) is 0 Å². The zero-order chi connectivity index (χ0) is 19.5. The van der Waals surface area contributed by atoms with E-state index in [9.17, 15) is 22.0 Å². The predicted molar refractivity (Wildman–Crippen MR) is 82.0 cm³/mol. The fraction of sp³-hybridized carbons (Fsp3) is 0.312. The summed E-state index contributed by atoms with van der Waals surface area (Å²) >= 11 is 0. The van der Waals surface area contributed by atoms with E-state index in [0.717, 1.165) is 13.0 Å². The molecule has 0 aliphatic carbocycles. The lowest BCUT2D eigenvalue weighted by Crippen LogP contribution is -2.33. The summed E-state index contributed by atoms with van der Waals surface area (Å²) in [5.41, 5.74) is 0.216. The van der Waals surface area contributed by atoms with Gasteiger partial charge < -0.3 is 13.8 Å². The number of aryl methyl sites for hydroxylation is 1. The van der Waals surface area contributed by atoms with Gasteiger partial charge in [-0.3, -0.25) is 0 Å². The van der Waals surface area contributed by atoms with Crippen molar-refractivity contribution in [2.24, 2.45) is 0 Å². The third-order valence-electron chi connectivity index (χ3n) is 3.55. The average Bonchev–Trinajstić information content (AvgIpc) is 3.30. The number of nitrogens with zero attached hydrogens (tertiary/aromatic N) is 4. The molecule has 0 N–H and O–H groups in total. The number of hydrogen-bond donors (Lipinski definition) is 0. The lowest BCUT2D eigenvalue weighted by molar-refractivity contribution is -0.298. The maximum absolute atomic E-state index is 13.2. The molecule has 144 valence electrons. The van der Waals surface area contributed by atoms with E-state index in [-0.39, 0.29) is 11.4 Å². The number of halogens is 5. The van der Waals surface area contributed by atoms with Crippen LogP contribution >= 0.6 is 0 Å². The van der Waals surface area contributed by atoms with E-state index in [1.165, 1.54) is 24.3 Å². The summed E-state index contributed by atoms with van der Waals surface area (Å²) in [6.07, 6.45) is 0.115. The van der Waals surface area contributed by atoms with Crippen LogP contribution in [0.15, 0.2) is 47.5 Å². The second kappa shape index (κ2) is 7.33. The van der Waals surface area contributed by atoms with E-state index in [1.54, 1.807) is 12.5 Å². The van der Waals surface area contributed by atoms with Crippen LogP contribution in [0.1, 0.15) is 12.3 Å². The zero-order valence-electron chi connectivity index (χ0n) is 13.7. The maximum Gasteiger partial charge on any atom is 0.463 e. The first-order valence-electron chi connectivity index (χ1n) is 7.75. The van der Waals surface area contributed by atoms with E-state index in [2.05, 4.69) is 19.6 Å². The summed E-state index contributed by atoms with van der Waals surface area (Å²) in [7, 11) is 0. The molecular formula is C16H13F5N4O2. The van der Waals surface area contributed by atoms with Gasteiger partial charge in [0.15, 0.2) is 0 Å². The highest BCUT2D eigenvalue weighted by molar-refractivity contribution is 5.55. The molecule has 0 atom stereocenters. The Morgan fingerprint density at radius 2 is 1.81 bits per heavy atom. The molecule has 0 bridgehead atoms. The number of aromatic nitrogens is 4. The Balaban J connectivity index is 1.59. The van der Waals surface area contributed by atoms with Gasteiger partial charge in [-0.1, -0.05) is 5.16 Å². The largest absolute Gasteiger partial charge is 0.494 e. The Morgan fingerprint density at radius 3 is 2.44 bits per heavy atom. The van der Waals surface area contributed by atoms with Crippen LogP contribution in [0.3, 0.4) is 0 Å². The summed E-state index contributed by atoms with van der Waals surface area (Å²) < 4.78 is 74.9. The lowest BCUT2D eigenvalue weighted by Gasteiger charge is -2.14. The predicted octanol–water partition coefficient (Wildman–Crippen LogP) is 4.06. The van der Waals surface area contributed by atoms with E-state index >= 15 is 0 Å². The normalized spacial score (nSPS) is 12.3. The van der Waals surface area contributed by atoms with Gasteiger partial charge in [0.2, 0.25) is 5.82 Å². The van der Waals surface area contributed by atoms with Gasteiger partial charge in [-0.25, -0.2) is 4.98 Å². The molecule has 11 heteroatoms. The summed E-state index contributed by atoms with van der Waals surface area (Å²) in [4.78, 5) is 7.08. The van der Waals surface area contributed by atoms with Crippen LogP contribution in [0.2, 0.25) is 0 Å². The van der Waals surface area contributed by atoms with Crippen LogP contribution in [0.25, 0.3) is 11.4 Å². The molecule has 0 radical (unpaired) electrons. The summed E-state index contributed by atoms with van der Waals surface area (Å²) in [5.74, 6) is -6.88. The van der Waals surface area contributed by atoms with Gasteiger partial charge in [0.1, 0.15) is 5.75 Å². The van der Waals surface area contributed by atoms with Crippen LogP contribution in [-0.2, 0) is 12.5 Å². The molecular weight excluding hydrogens is 375 g/mol. The summed E-state index contributed by atoms with van der Waals surface area (Å²) in [6.45, 7) is 1.17. The number of alkyl halides is 5. The zero-order valence-corrected chi connectivity index (χ0v) is 13.7. The highest BCUT2D eigenvalue weighted by atomic mass is 19.4. The minimum Gasteiger partial charge on any atom is -0.494 e. The van der Waals surface area contributed by atoms with Crippen LogP contribution in [0, 0.1) is 0 Å². The molecule has 1 aromatic carbocycles. The number of hydrogen-bond acceptors (Lipinski definition) is 5. The quantitative estimate of drug-likeness (QED) is 0.451. The molecule has 0 amide bonds. The third kappa shape index (κ3) is 4.23. The van der Waals surface area contributed by atoms with Gasteiger partial charge in [-0.05, 0) is 30.7 Å². The fourth-order valence-electron chi connectivity index (χ4n) is 2.15. The second-order valence-corrected chi connectivity index (χ2v) is 5.52. The highest BCUT2D eigenvalue weighted by Crippen LogP contribution is 2.43. The van der Waals surface area contributed by atoms with Crippen molar-refractivity contribution < 1.29 is 31.2 Å². The van der Waals surface area contributed by atoms with Crippen molar-refractivity contribution in [1.82, 2.24) is 19.7 Å². The van der Waals surface area contributed by atoms with Gasteiger partial charge in [0, 0.05) is 24.5 Å². The first-order chi connectivity index (χ1) is 12.8. The summed E-state index contributed by atoms with van der Waals surface area (Å²) in [5, 5.41) is 3.18. The SMILES string of the molecule is FC(F)(F)C(F)(F)c1nc(-c2ccc(OCCCn3ccnc3)cc2)no1. The third-order valence-corrected chi connectivity index (χ3v) is 3.55. The number of ether oxygens (including phenoxy) is 1. The molecule has 3 aromatic rings. The molecule has 0 fully saturated rings. The molecule has 3 rings (SSSR count). The molecule has 2 heterocycles. The van der Waals surface area contributed by atoms with Crippen molar-refractivity contribution in [3.05, 3.63) is 48.9 Å². The molecule has 0 unspecified atom stereocenters. The van der Waals surface area contributed by atoms with E-state index in [4.69, 9.17) is 4.74 Å². The standard InChI is InChI=1S/C16H13F5N4O2/c17-15(18,16(19,20)21)14-23-13(24-27-14)11-2-4-12(5-3-11)26-9-1-7-25-8-6-22-10-25/h2-6,8,10H,1,7,9H2. The van der Waals surface area contributed by atoms with Gasteiger partial charge in [-0.2, -0.15) is 26.9 Å². The Kier molecular flexibility index (Phi) is 5.10. The van der Waals surface area contributed by atoms with Crippen LogP contribution in [0.4, 0.5) is 22.0 Å². The molecule has 6 nitrogen and oxygen atoms in total. The van der Waals surface area contributed by atoms with Crippen molar-refractivity contribution in [3.8, 4) is 17.1 Å². The lowest BCUT2D eigenvalue weighted by atomic mass is 10.2. The molecule has 0 saturated heterocycles. The number of benzene rings is 1. The van der Waals surface area contributed by atoms with E-state index in [0.29, 0.717) is 12.4 Å². The second-order valence-electron chi connectivity index (χ2n) is 5.52. The fourth-order valence-corrected chi connectivity index (χ4v) is 2.15. The van der Waals surface area contributed by atoms with Crippen LogP contribution in [0.5, 0.6) is 5.75 Å². The Bertz CT molecular complexity index is 860. The van der Waals surface area contributed by atoms with Crippen LogP contribution < -0.4 is 4.74 Å². The van der Waals surface area contributed by atoms with Crippen LogP contribution in [-0.4, -0.2) is 32.5 Å². The average molecular weight is 388 g/mol. The van der Waals surface area contributed by atoms with Gasteiger partial charge in [0.05, 0.1) is 12.9 Å².